The monoisotopic (exact) mass is 497 g/mol. The first-order valence-electron chi connectivity index (χ1n) is 12.0. The maximum atomic E-state index is 13.5. The van der Waals surface area contributed by atoms with Gasteiger partial charge in [-0.25, -0.2) is 18.8 Å². The third-order valence-corrected chi connectivity index (χ3v) is 6.58. The average molecular weight is 498 g/mol. The molecule has 0 radical (unpaired) electrons. The van der Waals surface area contributed by atoms with E-state index in [1.54, 1.807) is 48.3 Å². The van der Waals surface area contributed by atoms with Crippen molar-refractivity contribution >= 4 is 23.3 Å². The Morgan fingerprint density at radius 3 is 2.46 bits per heavy atom. The summed E-state index contributed by atoms with van der Waals surface area (Å²) in [6, 6.07) is 16.5. The number of rotatable bonds is 6. The second-order valence-electron chi connectivity index (χ2n) is 8.68. The molecule has 1 aliphatic heterocycles. The van der Waals surface area contributed by atoms with Gasteiger partial charge in [-0.15, -0.1) is 0 Å². The highest BCUT2D eigenvalue weighted by atomic mass is 16.2. The molecule has 0 unspecified atom stereocenters. The molecular weight excluding hydrogens is 470 g/mol. The van der Waals surface area contributed by atoms with Crippen LogP contribution in [-0.4, -0.2) is 51.4 Å². The van der Waals surface area contributed by atoms with Gasteiger partial charge in [0, 0.05) is 49.7 Å². The van der Waals surface area contributed by atoms with Crippen LogP contribution in [0.1, 0.15) is 22.8 Å². The van der Waals surface area contributed by atoms with Crippen LogP contribution < -0.4 is 20.8 Å². The molecule has 2 aromatic heterocycles. The molecule has 188 valence electrons. The van der Waals surface area contributed by atoms with Crippen molar-refractivity contribution in [3.63, 3.8) is 0 Å². The predicted molar refractivity (Wildman–Crippen MR) is 141 cm³/mol. The summed E-state index contributed by atoms with van der Waals surface area (Å²) in [5.74, 6) is -0.196. The van der Waals surface area contributed by atoms with Crippen LogP contribution in [0.4, 0.5) is 16.2 Å². The molecule has 10 heteroatoms. The van der Waals surface area contributed by atoms with E-state index in [0.29, 0.717) is 36.4 Å². The summed E-state index contributed by atoms with van der Waals surface area (Å²) in [4.78, 5) is 45.9. The molecule has 0 bridgehead atoms. The van der Waals surface area contributed by atoms with Gasteiger partial charge in [-0.2, -0.15) is 5.10 Å². The van der Waals surface area contributed by atoms with Gasteiger partial charge in [0.15, 0.2) is 0 Å². The Hall–Kier alpha value is -4.73. The summed E-state index contributed by atoms with van der Waals surface area (Å²) in [7, 11) is 3.18. The summed E-state index contributed by atoms with van der Waals surface area (Å²) in [6.45, 7) is 3.09. The van der Waals surface area contributed by atoms with Crippen LogP contribution in [-0.2, 0) is 13.5 Å². The number of nitrogens with one attached hydrogen (secondary N) is 1. The molecule has 2 aromatic carbocycles. The van der Waals surface area contributed by atoms with E-state index in [2.05, 4.69) is 22.3 Å². The van der Waals surface area contributed by atoms with Crippen molar-refractivity contribution in [1.29, 1.82) is 0 Å². The minimum atomic E-state index is -0.247. The lowest BCUT2D eigenvalue weighted by molar-refractivity contribution is 0.0963. The quantitative estimate of drug-likeness (QED) is 0.441. The first-order chi connectivity index (χ1) is 17.9. The van der Waals surface area contributed by atoms with E-state index in [9.17, 15) is 14.4 Å². The van der Waals surface area contributed by atoms with E-state index >= 15 is 0 Å². The molecule has 5 rings (SSSR count). The summed E-state index contributed by atoms with van der Waals surface area (Å²) >= 11 is 0. The fraction of sp³-hybridized carbons (Fsp3) is 0.222. The van der Waals surface area contributed by atoms with E-state index in [1.807, 2.05) is 36.4 Å². The van der Waals surface area contributed by atoms with Crippen molar-refractivity contribution in [2.45, 2.75) is 13.3 Å². The minimum absolute atomic E-state index is 0.139. The normalized spacial score (nSPS) is 13.3. The largest absolute Gasteiger partial charge is 0.355 e. The van der Waals surface area contributed by atoms with Gasteiger partial charge in [-0.1, -0.05) is 25.1 Å². The number of pyridine rings is 1. The minimum Gasteiger partial charge on any atom is -0.355 e. The Balaban J connectivity index is 1.45. The Labute approximate surface area is 213 Å². The van der Waals surface area contributed by atoms with E-state index in [0.717, 1.165) is 22.5 Å². The third-order valence-electron chi connectivity index (χ3n) is 6.58. The molecule has 0 aliphatic carbocycles. The molecule has 0 saturated carbocycles. The van der Waals surface area contributed by atoms with Crippen LogP contribution in [0.3, 0.4) is 0 Å². The van der Waals surface area contributed by atoms with Crippen molar-refractivity contribution in [1.82, 2.24) is 24.6 Å². The second kappa shape index (κ2) is 9.73. The molecule has 37 heavy (non-hydrogen) atoms. The number of carbonyl (C=O) groups excluding carboxylic acids is 2. The van der Waals surface area contributed by atoms with Gasteiger partial charge in [-0.05, 0) is 48.4 Å². The lowest BCUT2D eigenvalue weighted by atomic mass is 9.99. The molecule has 4 aromatic rings. The lowest BCUT2D eigenvalue weighted by Crippen LogP contribution is -2.32. The van der Waals surface area contributed by atoms with E-state index < -0.39 is 0 Å². The van der Waals surface area contributed by atoms with Crippen molar-refractivity contribution < 1.29 is 9.59 Å². The molecule has 3 amide bonds. The van der Waals surface area contributed by atoms with Crippen LogP contribution in [0.5, 0.6) is 0 Å². The van der Waals surface area contributed by atoms with Gasteiger partial charge in [0.2, 0.25) is 0 Å². The summed E-state index contributed by atoms with van der Waals surface area (Å²) in [6.07, 6.45) is 3.81. The number of amides is 3. The SMILES string of the molecule is CCc1c(-c2ccc(-n3cnn(C)c3=O)cn2)cccc1N1CCN(c2cccc(C(=O)NC)c2)C1=O. The standard InChI is InChI=1S/C27H27N7O3/c1-4-21-22(23-12-11-20(16-29-23)34-17-30-31(3)26(34)36)9-6-10-24(21)33-14-13-32(27(33)37)19-8-5-7-18(15-19)25(35)28-2/h5-12,15-17H,4,13-14H2,1-3H3,(H,28,35). The van der Waals surface area contributed by atoms with Gasteiger partial charge in [0.05, 0.1) is 17.6 Å². The fourth-order valence-electron chi connectivity index (χ4n) is 4.65. The first kappa shape index (κ1) is 24.0. The number of hydrogen-bond donors (Lipinski definition) is 1. The van der Waals surface area contributed by atoms with Gasteiger partial charge in [0.25, 0.3) is 5.91 Å². The zero-order valence-corrected chi connectivity index (χ0v) is 20.9. The van der Waals surface area contributed by atoms with E-state index in [1.165, 1.54) is 15.6 Å². The topological polar surface area (TPSA) is 105 Å². The molecular formula is C27H27N7O3. The first-order valence-corrected chi connectivity index (χ1v) is 12.0. The molecule has 10 nitrogen and oxygen atoms in total. The van der Waals surface area contributed by atoms with Gasteiger partial charge >= 0.3 is 11.7 Å². The molecule has 1 N–H and O–H groups in total. The number of carbonyl (C=O) groups is 2. The second-order valence-corrected chi connectivity index (χ2v) is 8.68. The summed E-state index contributed by atoms with van der Waals surface area (Å²) in [5.41, 5.74) is 5.10. The average Bonchev–Trinajstić information content (AvgIpc) is 3.49. The zero-order chi connectivity index (χ0) is 26.1. The van der Waals surface area contributed by atoms with Crippen LogP contribution in [0.25, 0.3) is 16.9 Å². The van der Waals surface area contributed by atoms with E-state index in [-0.39, 0.29) is 17.6 Å². The van der Waals surface area contributed by atoms with Crippen molar-refractivity contribution in [3.8, 4) is 16.9 Å². The number of urea groups is 1. The molecule has 1 fully saturated rings. The summed E-state index contributed by atoms with van der Waals surface area (Å²) in [5, 5.41) is 6.61. The number of aryl methyl sites for hydroxylation is 1. The molecule has 0 atom stereocenters. The van der Waals surface area contributed by atoms with Gasteiger partial charge in [-0.3, -0.25) is 19.6 Å². The maximum absolute atomic E-state index is 13.5. The predicted octanol–water partition coefficient (Wildman–Crippen LogP) is 3.00. The Bertz CT molecular complexity index is 1540. The highest BCUT2D eigenvalue weighted by Crippen LogP contribution is 2.34. The number of aromatic nitrogens is 4. The highest BCUT2D eigenvalue weighted by Gasteiger charge is 2.32. The zero-order valence-electron chi connectivity index (χ0n) is 20.9. The number of nitrogens with zero attached hydrogens (tertiary/aromatic N) is 6. The number of hydrogen-bond acceptors (Lipinski definition) is 5. The molecule has 0 spiro atoms. The third kappa shape index (κ3) is 4.26. The van der Waals surface area contributed by atoms with Crippen LogP contribution in [0.2, 0.25) is 0 Å². The Morgan fingerprint density at radius 2 is 1.78 bits per heavy atom. The van der Waals surface area contributed by atoms with Crippen LogP contribution in [0.15, 0.2) is 71.9 Å². The van der Waals surface area contributed by atoms with E-state index in [4.69, 9.17) is 0 Å². The lowest BCUT2D eigenvalue weighted by Gasteiger charge is -2.23. The highest BCUT2D eigenvalue weighted by molar-refractivity contribution is 6.07. The molecule has 3 heterocycles. The van der Waals surface area contributed by atoms with Crippen LogP contribution in [0, 0.1) is 0 Å². The number of anilines is 2. The molecule has 1 saturated heterocycles. The van der Waals surface area contributed by atoms with Gasteiger partial charge < -0.3 is 5.32 Å². The summed E-state index contributed by atoms with van der Waals surface area (Å²) < 4.78 is 2.70. The fourth-order valence-corrected chi connectivity index (χ4v) is 4.65. The smallest absolute Gasteiger partial charge is 0.350 e. The number of benzene rings is 2. The van der Waals surface area contributed by atoms with Crippen molar-refractivity contribution in [2.24, 2.45) is 7.05 Å². The maximum Gasteiger partial charge on any atom is 0.350 e. The van der Waals surface area contributed by atoms with Crippen molar-refractivity contribution in [3.05, 3.63) is 88.7 Å². The van der Waals surface area contributed by atoms with Crippen molar-refractivity contribution in [2.75, 3.05) is 29.9 Å². The Kier molecular flexibility index (Phi) is 6.31. The van der Waals surface area contributed by atoms with Crippen LogP contribution >= 0.6 is 0 Å². The Morgan fingerprint density at radius 1 is 1.00 bits per heavy atom. The van der Waals surface area contributed by atoms with Gasteiger partial charge in [0.1, 0.15) is 6.33 Å². The molecule has 1 aliphatic rings.